The summed E-state index contributed by atoms with van der Waals surface area (Å²) in [4.78, 5) is 14.0. The van der Waals surface area contributed by atoms with Crippen molar-refractivity contribution in [3.8, 4) is 5.75 Å². The van der Waals surface area contributed by atoms with E-state index in [1.807, 2.05) is 6.92 Å². The molecule has 3 nitrogen and oxygen atoms in total. The third-order valence-corrected chi connectivity index (χ3v) is 4.18. The van der Waals surface area contributed by atoms with Crippen LogP contribution in [0.1, 0.15) is 38.2 Å². The number of halogens is 3. The van der Waals surface area contributed by atoms with Gasteiger partial charge >= 0.3 is 6.36 Å². The van der Waals surface area contributed by atoms with Gasteiger partial charge in [-0.25, -0.2) is 0 Å². The molecule has 1 amide bonds. The number of benzene rings is 1. The number of alkyl halides is 3. The molecule has 1 aromatic rings. The predicted octanol–water partition coefficient (Wildman–Crippen LogP) is 4.12. The average Bonchev–Trinajstić information content (AvgIpc) is 2.86. The molecular weight excluding hydrogens is 295 g/mol. The SMILES string of the molecule is CN(Cc1ccccc1OC(F)(F)F)C(=O)C1(C)CCCC1. The number of rotatable bonds is 4. The van der Waals surface area contributed by atoms with Crippen LogP contribution in [-0.2, 0) is 11.3 Å². The van der Waals surface area contributed by atoms with Gasteiger partial charge < -0.3 is 9.64 Å². The van der Waals surface area contributed by atoms with Crippen molar-refractivity contribution < 1.29 is 22.7 Å². The molecule has 1 saturated carbocycles. The van der Waals surface area contributed by atoms with Gasteiger partial charge in [0.25, 0.3) is 0 Å². The molecule has 0 N–H and O–H groups in total. The molecule has 0 saturated heterocycles. The minimum absolute atomic E-state index is 0.0215. The second kappa shape index (κ2) is 6.18. The van der Waals surface area contributed by atoms with Crippen LogP contribution >= 0.6 is 0 Å². The number of nitrogens with zero attached hydrogens (tertiary/aromatic N) is 1. The molecule has 22 heavy (non-hydrogen) atoms. The van der Waals surface area contributed by atoms with Crippen molar-refractivity contribution in [1.82, 2.24) is 4.90 Å². The second-order valence-corrected chi connectivity index (χ2v) is 6.08. The number of hydrogen-bond acceptors (Lipinski definition) is 2. The van der Waals surface area contributed by atoms with Gasteiger partial charge in [0, 0.05) is 24.6 Å². The molecule has 0 aromatic heterocycles. The van der Waals surface area contributed by atoms with Gasteiger partial charge in [0.1, 0.15) is 5.75 Å². The third-order valence-electron chi connectivity index (χ3n) is 4.18. The molecule has 0 atom stereocenters. The fourth-order valence-electron chi connectivity index (χ4n) is 3.02. The molecule has 6 heteroatoms. The smallest absolute Gasteiger partial charge is 0.405 e. The van der Waals surface area contributed by atoms with Crippen LogP contribution in [-0.4, -0.2) is 24.2 Å². The summed E-state index contributed by atoms with van der Waals surface area (Å²) in [6.45, 7) is 2.03. The highest BCUT2D eigenvalue weighted by atomic mass is 19.4. The van der Waals surface area contributed by atoms with Crippen molar-refractivity contribution in [2.24, 2.45) is 5.41 Å². The van der Waals surface area contributed by atoms with Gasteiger partial charge in [0.05, 0.1) is 0 Å². The molecule has 2 rings (SSSR count). The van der Waals surface area contributed by atoms with Crippen LogP contribution in [0.2, 0.25) is 0 Å². The Balaban J connectivity index is 2.11. The van der Waals surface area contributed by atoms with Gasteiger partial charge in [-0.05, 0) is 18.9 Å². The van der Waals surface area contributed by atoms with E-state index in [0.717, 1.165) is 25.7 Å². The largest absolute Gasteiger partial charge is 0.573 e. The summed E-state index contributed by atoms with van der Waals surface area (Å²) in [5.41, 5.74) is -0.0496. The van der Waals surface area contributed by atoms with Crippen LogP contribution in [0.4, 0.5) is 13.2 Å². The van der Waals surface area contributed by atoms with Crippen molar-refractivity contribution >= 4 is 5.91 Å². The Kier molecular flexibility index (Phi) is 4.68. The monoisotopic (exact) mass is 315 g/mol. The molecule has 1 fully saturated rings. The van der Waals surface area contributed by atoms with Crippen LogP contribution < -0.4 is 4.74 Å². The Hall–Kier alpha value is -1.72. The molecule has 0 heterocycles. The Bertz CT molecular complexity index is 536. The normalized spacial score (nSPS) is 17.3. The zero-order valence-corrected chi connectivity index (χ0v) is 12.7. The van der Waals surface area contributed by atoms with Crippen molar-refractivity contribution in [3.05, 3.63) is 29.8 Å². The zero-order valence-electron chi connectivity index (χ0n) is 12.7. The van der Waals surface area contributed by atoms with E-state index in [4.69, 9.17) is 0 Å². The van der Waals surface area contributed by atoms with Crippen LogP contribution in [0.5, 0.6) is 5.75 Å². The minimum Gasteiger partial charge on any atom is -0.405 e. The fourth-order valence-corrected chi connectivity index (χ4v) is 3.02. The molecule has 0 unspecified atom stereocenters. The quantitative estimate of drug-likeness (QED) is 0.836. The van der Waals surface area contributed by atoms with E-state index in [-0.39, 0.29) is 18.2 Å². The van der Waals surface area contributed by atoms with Gasteiger partial charge in [-0.15, -0.1) is 13.2 Å². The lowest BCUT2D eigenvalue weighted by Gasteiger charge is -2.29. The van der Waals surface area contributed by atoms with Gasteiger partial charge in [-0.1, -0.05) is 38.0 Å². The van der Waals surface area contributed by atoms with Crippen molar-refractivity contribution in [2.45, 2.75) is 45.5 Å². The molecule has 0 radical (unpaired) electrons. The maximum absolute atomic E-state index is 12.5. The lowest BCUT2D eigenvalue weighted by molar-refractivity contribution is -0.275. The third kappa shape index (κ3) is 3.93. The molecule has 1 aromatic carbocycles. The Morgan fingerprint density at radius 2 is 1.86 bits per heavy atom. The van der Waals surface area contributed by atoms with E-state index in [1.165, 1.54) is 17.0 Å². The summed E-state index contributed by atoms with van der Waals surface area (Å²) in [5, 5.41) is 0. The first-order chi connectivity index (χ1) is 10.2. The van der Waals surface area contributed by atoms with Gasteiger partial charge in [0.15, 0.2) is 0 Å². The first kappa shape index (κ1) is 16.6. The van der Waals surface area contributed by atoms with Crippen molar-refractivity contribution in [3.63, 3.8) is 0 Å². The van der Waals surface area contributed by atoms with E-state index in [0.29, 0.717) is 5.56 Å². The molecule has 1 aliphatic rings. The molecule has 0 spiro atoms. The number of carbonyl (C=O) groups excluding carboxylic acids is 1. The number of hydrogen-bond donors (Lipinski definition) is 0. The molecular formula is C16H20F3NO2. The van der Waals surface area contributed by atoms with E-state index < -0.39 is 11.8 Å². The highest BCUT2D eigenvalue weighted by molar-refractivity contribution is 5.82. The maximum atomic E-state index is 12.5. The van der Waals surface area contributed by atoms with Crippen LogP contribution in [0.25, 0.3) is 0 Å². The Morgan fingerprint density at radius 3 is 2.45 bits per heavy atom. The summed E-state index contributed by atoms with van der Waals surface area (Å²) in [6, 6.07) is 5.92. The maximum Gasteiger partial charge on any atom is 0.573 e. The summed E-state index contributed by atoms with van der Waals surface area (Å²) in [5.74, 6) is -0.280. The molecule has 1 aliphatic carbocycles. The number of carbonyl (C=O) groups is 1. The lowest BCUT2D eigenvalue weighted by Crippen LogP contribution is -2.38. The summed E-state index contributed by atoms with van der Waals surface area (Å²) < 4.78 is 41.3. The highest BCUT2D eigenvalue weighted by Crippen LogP contribution is 2.39. The topological polar surface area (TPSA) is 29.5 Å². The number of para-hydroxylation sites is 1. The minimum atomic E-state index is -4.74. The van der Waals surface area contributed by atoms with Crippen molar-refractivity contribution in [2.75, 3.05) is 7.05 Å². The van der Waals surface area contributed by atoms with Gasteiger partial charge in [0.2, 0.25) is 5.91 Å². The number of amides is 1. The van der Waals surface area contributed by atoms with E-state index in [1.54, 1.807) is 19.2 Å². The molecule has 0 bridgehead atoms. The Morgan fingerprint density at radius 1 is 1.27 bits per heavy atom. The Labute approximate surface area is 128 Å². The van der Waals surface area contributed by atoms with E-state index in [2.05, 4.69) is 4.74 Å². The van der Waals surface area contributed by atoms with Gasteiger partial charge in [-0.2, -0.15) is 0 Å². The first-order valence-corrected chi connectivity index (χ1v) is 7.30. The standard InChI is InChI=1S/C16H20F3NO2/c1-15(9-5-6-10-15)14(21)20(2)11-12-7-3-4-8-13(12)22-16(17,18)19/h3-4,7-8H,5-6,9-11H2,1-2H3. The van der Waals surface area contributed by atoms with Crippen LogP contribution in [0.15, 0.2) is 24.3 Å². The summed E-state index contributed by atoms with van der Waals surface area (Å²) in [7, 11) is 1.62. The molecule has 122 valence electrons. The first-order valence-electron chi connectivity index (χ1n) is 7.30. The van der Waals surface area contributed by atoms with Crippen LogP contribution in [0, 0.1) is 5.41 Å². The van der Waals surface area contributed by atoms with Crippen molar-refractivity contribution in [1.29, 1.82) is 0 Å². The highest BCUT2D eigenvalue weighted by Gasteiger charge is 2.38. The second-order valence-electron chi connectivity index (χ2n) is 6.08. The molecule has 0 aliphatic heterocycles. The zero-order chi connectivity index (χ0) is 16.4. The number of ether oxygens (including phenoxy) is 1. The fraction of sp³-hybridized carbons (Fsp3) is 0.562. The predicted molar refractivity (Wildman–Crippen MR) is 76.2 cm³/mol. The van der Waals surface area contributed by atoms with Gasteiger partial charge in [-0.3, -0.25) is 4.79 Å². The van der Waals surface area contributed by atoms with E-state index >= 15 is 0 Å². The summed E-state index contributed by atoms with van der Waals surface area (Å²) in [6.07, 6.45) is -1.04. The lowest BCUT2D eigenvalue weighted by atomic mass is 9.87. The average molecular weight is 315 g/mol. The van der Waals surface area contributed by atoms with Crippen LogP contribution in [0.3, 0.4) is 0 Å². The van der Waals surface area contributed by atoms with E-state index in [9.17, 15) is 18.0 Å². The summed E-state index contributed by atoms with van der Waals surface area (Å²) >= 11 is 0.